The van der Waals surface area contributed by atoms with Gasteiger partial charge < -0.3 is 4.84 Å². The van der Waals surface area contributed by atoms with E-state index in [0.717, 1.165) is 0 Å². The third kappa shape index (κ3) is 3.09. The minimum atomic E-state index is 0.521. The average molecular weight is 167 g/mol. The van der Waals surface area contributed by atoms with E-state index >= 15 is 0 Å². The van der Waals surface area contributed by atoms with Gasteiger partial charge in [-0.2, -0.15) is 0 Å². The zero-order valence-electron chi connectivity index (χ0n) is 6.06. The molecule has 0 saturated carbocycles. The smallest absolute Gasteiger partial charge is 0.167 e. The molecule has 0 aliphatic heterocycles. The van der Waals surface area contributed by atoms with Crippen LogP contribution in [0.15, 0.2) is 40.4 Å². The van der Waals surface area contributed by atoms with Gasteiger partial charge in [-0.05, 0) is 12.1 Å². The molecule has 0 radical (unpaired) electrons. The molecule has 0 atom stereocenters. The molecular weight excluding hydrogens is 158 g/mol. The molecule has 0 aliphatic rings. The van der Waals surface area contributed by atoms with E-state index < -0.39 is 0 Å². The molecular formula is C8H9NOS. The van der Waals surface area contributed by atoms with Crippen molar-refractivity contribution in [2.45, 2.75) is 4.90 Å². The van der Waals surface area contributed by atoms with Gasteiger partial charge in [0, 0.05) is 11.6 Å². The lowest BCUT2D eigenvalue weighted by atomic mass is 10.4. The molecule has 11 heavy (non-hydrogen) atoms. The number of thioether (sulfide) groups is 1. The second-order valence-corrected chi connectivity index (χ2v) is 2.83. The maximum absolute atomic E-state index is 4.71. The molecule has 0 spiro atoms. The molecule has 1 rings (SSSR count). The second kappa shape index (κ2) is 4.79. The highest BCUT2D eigenvalue weighted by atomic mass is 32.2. The summed E-state index contributed by atoms with van der Waals surface area (Å²) in [6.07, 6.45) is 0. The summed E-state index contributed by atoms with van der Waals surface area (Å²) in [5.41, 5.74) is 0. The van der Waals surface area contributed by atoms with Gasteiger partial charge >= 0.3 is 0 Å². The Balaban J connectivity index is 2.33. The van der Waals surface area contributed by atoms with Crippen molar-refractivity contribution in [1.29, 1.82) is 0 Å². The van der Waals surface area contributed by atoms with E-state index in [2.05, 4.69) is 11.9 Å². The van der Waals surface area contributed by atoms with Gasteiger partial charge in [0.05, 0.1) is 0 Å². The highest BCUT2D eigenvalue weighted by molar-refractivity contribution is 7.99. The molecule has 0 fully saturated rings. The molecule has 0 amide bonds. The van der Waals surface area contributed by atoms with Gasteiger partial charge in [-0.15, -0.1) is 5.16 Å². The van der Waals surface area contributed by atoms with E-state index in [1.165, 1.54) is 4.90 Å². The van der Waals surface area contributed by atoms with E-state index in [-0.39, 0.29) is 0 Å². The lowest BCUT2D eigenvalue weighted by Gasteiger charge is -1.97. The van der Waals surface area contributed by atoms with Crippen LogP contribution in [0.2, 0.25) is 0 Å². The van der Waals surface area contributed by atoms with E-state index in [1.54, 1.807) is 11.8 Å². The van der Waals surface area contributed by atoms with Crippen molar-refractivity contribution < 1.29 is 4.84 Å². The summed E-state index contributed by atoms with van der Waals surface area (Å²) in [4.78, 5) is 5.89. The normalized spacial score (nSPS) is 9.09. The summed E-state index contributed by atoms with van der Waals surface area (Å²) in [5, 5.41) is 3.28. The predicted molar refractivity (Wildman–Crippen MR) is 47.8 cm³/mol. The van der Waals surface area contributed by atoms with Crippen molar-refractivity contribution in [3.8, 4) is 0 Å². The standard InChI is InChI=1S/C8H9NOS/c1-9-10-7-11-8-5-3-2-4-6-8/h2-6H,1,7H2. The third-order valence-electron chi connectivity index (χ3n) is 1.11. The van der Waals surface area contributed by atoms with Crippen molar-refractivity contribution in [3.63, 3.8) is 0 Å². The van der Waals surface area contributed by atoms with Crippen molar-refractivity contribution >= 4 is 18.5 Å². The molecule has 1 aromatic carbocycles. The highest BCUT2D eigenvalue weighted by Gasteiger charge is 1.89. The number of rotatable bonds is 4. The summed E-state index contributed by atoms with van der Waals surface area (Å²) in [6, 6.07) is 10.0. The van der Waals surface area contributed by atoms with E-state index in [0.29, 0.717) is 5.94 Å². The summed E-state index contributed by atoms with van der Waals surface area (Å²) in [6.45, 7) is 3.21. The zero-order valence-corrected chi connectivity index (χ0v) is 6.88. The van der Waals surface area contributed by atoms with Gasteiger partial charge in [0.25, 0.3) is 0 Å². The molecule has 2 nitrogen and oxygen atoms in total. The van der Waals surface area contributed by atoms with E-state index in [9.17, 15) is 0 Å². The summed E-state index contributed by atoms with van der Waals surface area (Å²) in [7, 11) is 0. The fourth-order valence-electron chi connectivity index (χ4n) is 0.648. The first kappa shape index (κ1) is 8.14. The van der Waals surface area contributed by atoms with Crippen molar-refractivity contribution in [3.05, 3.63) is 30.3 Å². The van der Waals surface area contributed by atoms with Gasteiger partial charge in [0.2, 0.25) is 0 Å². The molecule has 0 saturated heterocycles. The molecule has 0 aromatic heterocycles. The maximum atomic E-state index is 4.71. The Morgan fingerprint density at radius 1 is 1.36 bits per heavy atom. The molecule has 1 aromatic rings. The van der Waals surface area contributed by atoms with Crippen LogP contribution in [0.5, 0.6) is 0 Å². The summed E-state index contributed by atoms with van der Waals surface area (Å²) in [5.74, 6) is 0.521. The highest BCUT2D eigenvalue weighted by Crippen LogP contribution is 2.16. The van der Waals surface area contributed by atoms with Gasteiger partial charge in [-0.1, -0.05) is 30.0 Å². The Labute approximate surface area is 70.2 Å². The monoisotopic (exact) mass is 167 g/mol. The van der Waals surface area contributed by atoms with Crippen molar-refractivity contribution in [2.24, 2.45) is 5.16 Å². The van der Waals surface area contributed by atoms with Crippen LogP contribution in [-0.2, 0) is 4.84 Å². The average Bonchev–Trinajstić information content (AvgIpc) is 2.07. The molecule has 3 heteroatoms. The number of hydrogen-bond donors (Lipinski definition) is 0. The van der Waals surface area contributed by atoms with Crippen LogP contribution >= 0.6 is 11.8 Å². The topological polar surface area (TPSA) is 21.6 Å². The number of hydrogen-bond acceptors (Lipinski definition) is 3. The lowest BCUT2D eigenvalue weighted by molar-refractivity contribution is 0.200. The summed E-state index contributed by atoms with van der Waals surface area (Å²) >= 11 is 1.59. The second-order valence-electron chi connectivity index (χ2n) is 1.83. The molecule has 0 aliphatic carbocycles. The summed E-state index contributed by atoms with van der Waals surface area (Å²) < 4.78 is 0. The van der Waals surface area contributed by atoms with Crippen LogP contribution in [-0.4, -0.2) is 12.7 Å². The lowest BCUT2D eigenvalue weighted by Crippen LogP contribution is -1.79. The van der Waals surface area contributed by atoms with Gasteiger partial charge in [0.15, 0.2) is 5.94 Å². The first-order valence-corrected chi connectivity index (χ1v) is 4.18. The first-order chi connectivity index (χ1) is 5.43. The van der Waals surface area contributed by atoms with Crippen LogP contribution in [0.3, 0.4) is 0 Å². The third-order valence-corrected chi connectivity index (χ3v) is 1.94. The minimum Gasteiger partial charge on any atom is -0.385 e. The number of nitrogens with zero attached hydrogens (tertiary/aromatic N) is 1. The molecule has 58 valence electrons. The quantitative estimate of drug-likeness (QED) is 0.226. The number of oxime groups is 1. The number of benzene rings is 1. The minimum absolute atomic E-state index is 0.521. The van der Waals surface area contributed by atoms with Crippen LogP contribution in [0.1, 0.15) is 0 Å². The van der Waals surface area contributed by atoms with Crippen LogP contribution < -0.4 is 0 Å². The van der Waals surface area contributed by atoms with E-state index in [4.69, 9.17) is 4.84 Å². The van der Waals surface area contributed by atoms with Crippen LogP contribution in [0, 0.1) is 0 Å². The Bertz CT molecular complexity index is 213. The van der Waals surface area contributed by atoms with E-state index in [1.807, 2.05) is 30.3 Å². The SMILES string of the molecule is C=NOCSc1ccccc1. The molecule has 0 bridgehead atoms. The van der Waals surface area contributed by atoms with Gasteiger partial charge in [0.1, 0.15) is 0 Å². The molecule has 0 heterocycles. The Hall–Kier alpha value is -0.960. The van der Waals surface area contributed by atoms with Crippen molar-refractivity contribution in [2.75, 3.05) is 5.94 Å². The fraction of sp³-hybridized carbons (Fsp3) is 0.125. The van der Waals surface area contributed by atoms with Crippen LogP contribution in [0.25, 0.3) is 0 Å². The van der Waals surface area contributed by atoms with Crippen molar-refractivity contribution in [1.82, 2.24) is 0 Å². The first-order valence-electron chi connectivity index (χ1n) is 3.19. The molecule has 0 N–H and O–H groups in total. The zero-order chi connectivity index (χ0) is 7.94. The van der Waals surface area contributed by atoms with Gasteiger partial charge in [-0.3, -0.25) is 0 Å². The largest absolute Gasteiger partial charge is 0.385 e. The maximum Gasteiger partial charge on any atom is 0.167 e. The fourth-order valence-corrected chi connectivity index (χ4v) is 1.26. The molecule has 0 unspecified atom stereocenters. The van der Waals surface area contributed by atoms with Crippen LogP contribution in [0.4, 0.5) is 0 Å². The van der Waals surface area contributed by atoms with Gasteiger partial charge in [-0.25, -0.2) is 0 Å². The Morgan fingerprint density at radius 3 is 2.73 bits per heavy atom. The Morgan fingerprint density at radius 2 is 2.09 bits per heavy atom. The Kier molecular flexibility index (Phi) is 3.55. The predicted octanol–water partition coefficient (Wildman–Crippen LogP) is 2.37.